The lowest BCUT2D eigenvalue weighted by atomic mass is 9.97. The summed E-state index contributed by atoms with van der Waals surface area (Å²) < 4.78 is 32.1. The molecule has 21 heavy (non-hydrogen) atoms. The molecule has 0 aromatic heterocycles. The number of nitrogens with two attached hydrogens (primary N) is 1. The highest BCUT2D eigenvalue weighted by molar-refractivity contribution is 7.89. The largest absolute Gasteiger partial charge is 0.398 e. The summed E-state index contributed by atoms with van der Waals surface area (Å²) in [6, 6.07) is 6.18. The van der Waals surface area contributed by atoms with Crippen molar-refractivity contribution in [2.24, 2.45) is 5.92 Å². The number of methoxy groups -OCH3 is 1. The zero-order valence-corrected chi connectivity index (χ0v) is 12.9. The second-order valence-electron chi connectivity index (χ2n) is 5.27. The zero-order chi connectivity index (χ0) is 15.6. The van der Waals surface area contributed by atoms with Gasteiger partial charge in [-0.3, -0.25) is 0 Å². The van der Waals surface area contributed by atoms with Crippen LogP contribution in [0.1, 0.15) is 18.9 Å². The van der Waals surface area contributed by atoms with Gasteiger partial charge in [-0.2, -0.15) is 9.57 Å². The van der Waals surface area contributed by atoms with Crippen LogP contribution in [-0.4, -0.2) is 39.0 Å². The summed E-state index contributed by atoms with van der Waals surface area (Å²) in [6.45, 7) is 2.82. The number of nitrogens with zero attached hydrogens (tertiary/aromatic N) is 2. The number of sulfonamides is 1. The Morgan fingerprint density at radius 2 is 2.19 bits per heavy atom. The summed E-state index contributed by atoms with van der Waals surface area (Å²) in [4.78, 5) is 0.0471. The number of rotatable bonds is 3. The molecule has 2 unspecified atom stereocenters. The predicted molar refractivity (Wildman–Crippen MR) is 78.9 cm³/mol. The van der Waals surface area contributed by atoms with E-state index < -0.39 is 10.0 Å². The molecule has 0 radical (unpaired) electrons. The first-order valence-electron chi connectivity index (χ1n) is 6.72. The van der Waals surface area contributed by atoms with Crippen molar-refractivity contribution in [3.63, 3.8) is 0 Å². The van der Waals surface area contributed by atoms with Gasteiger partial charge < -0.3 is 10.5 Å². The first-order chi connectivity index (χ1) is 9.90. The Morgan fingerprint density at radius 3 is 2.76 bits per heavy atom. The van der Waals surface area contributed by atoms with E-state index in [9.17, 15) is 8.42 Å². The van der Waals surface area contributed by atoms with Crippen LogP contribution >= 0.6 is 0 Å². The lowest BCUT2D eigenvalue weighted by molar-refractivity contribution is 0.0184. The maximum absolute atomic E-state index is 12.7. The van der Waals surface area contributed by atoms with Gasteiger partial charge in [-0.25, -0.2) is 8.42 Å². The Kier molecular flexibility index (Phi) is 4.52. The summed E-state index contributed by atoms with van der Waals surface area (Å²) in [7, 11) is -2.07. The monoisotopic (exact) mass is 309 g/mol. The SMILES string of the molecule is COC1CN(S(=O)(=O)c2ccc(C#N)cc2N)CCC1C. The van der Waals surface area contributed by atoms with Crippen LogP contribution in [-0.2, 0) is 14.8 Å². The molecule has 6 nitrogen and oxygen atoms in total. The van der Waals surface area contributed by atoms with Crippen molar-refractivity contribution in [3.05, 3.63) is 23.8 Å². The second-order valence-corrected chi connectivity index (χ2v) is 7.17. The molecule has 1 aromatic rings. The molecule has 1 fully saturated rings. The number of anilines is 1. The van der Waals surface area contributed by atoms with Crippen molar-refractivity contribution in [2.45, 2.75) is 24.3 Å². The van der Waals surface area contributed by atoms with Crippen LogP contribution < -0.4 is 5.73 Å². The lowest BCUT2D eigenvalue weighted by Crippen LogP contribution is -2.46. The van der Waals surface area contributed by atoms with Gasteiger partial charge in [0.25, 0.3) is 0 Å². The molecule has 0 saturated carbocycles. The van der Waals surface area contributed by atoms with Crippen molar-refractivity contribution in [2.75, 3.05) is 25.9 Å². The van der Waals surface area contributed by atoms with E-state index in [0.29, 0.717) is 24.6 Å². The van der Waals surface area contributed by atoms with E-state index in [1.54, 1.807) is 7.11 Å². The van der Waals surface area contributed by atoms with Crippen molar-refractivity contribution in [3.8, 4) is 6.07 Å². The minimum Gasteiger partial charge on any atom is -0.398 e. The molecule has 0 bridgehead atoms. The van der Waals surface area contributed by atoms with Crippen LogP contribution in [0.25, 0.3) is 0 Å². The molecule has 1 heterocycles. The molecular weight excluding hydrogens is 290 g/mol. The van der Waals surface area contributed by atoms with E-state index in [1.165, 1.54) is 22.5 Å². The Bertz CT molecular complexity index is 667. The third-order valence-electron chi connectivity index (χ3n) is 3.91. The maximum atomic E-state index is 12.7. The van der Waals surface area contributed by atoms with E-state index in [2.05, 4.69) is 0 Å². The predicted octanol–water partition coefficient (Wildman–Crippen LogP) is 1.19. The maximum Gasteiger partial charge on any atom is 0.245 e. The zero-order valence-electron chi connectivity index (χ0n) is 12.1. The minimum absolute atomic E-state index is 0.0471. The average Bonchev–Trinajstić information content (AvgIpc) is 2.47. The van der Waals surface area contributed by atoms with Crippen LogP contribution in [0.5, 0.6) is 0 Å². The lowest BCUT2D eigenvalue weighted by Gasteiger charge is -2.35. The first-order valence-corrected chi connectivity index (χ1v) is 8.16. The Balaban J connectivity index is 2.32. The molecule has 1 aliphatic heterocycles. The molecule has 2 atom stereocenters. The summed E-state index contributed by atoms with van der Waals surface area (Å²) in [5.74, 6) is 0.319. The first kappa shape index (κ1) is 15.8. The summed E-state index contributed by atoms with van der Waals surface area (Å²) in [6.07, 6.45) is 0.626. The van der Waals surface area contributed by atoms with Crippen molar-refractivity contribution < 1.29 is 13.2 Å². The third-order valence-corrected chi connectivity index (χ3v) is 5.85. The van der Waals surface area contributed by atoms with Gasteiger partial charge >= 0.3 is 0 Å². The van der Waals surface area contributed by atoms with Crippen LogP contribution in [0.15, 0.2) is 23.1 Å². The van der Waals surface area contributed by atoms with Gasteiger partial charge in [0.2, 0.25) is 10.0 Å². The molecule has 1 aromatic carbocycles. The Hall–Kier alpha value is -1.62. The van der Waals surface area contributed by atoms with E-state index >= 15 is 0 Å². The quantitative estimate of drug-likeness (QED) is 0.846. The molecule has 2 N–H and O–H groups in total. The highest BCUT2D eigenvalue weighted by Gasteiger charge is 2.34. The number of nitrogen functional groups attached to an aromatic ring is 1. The minimum atomic E-state index is -3.67. The molecular formula is C14H19N3O3S. The molecule has 1 saturated heterocycles. The van der Waals surface area contributed by atoms with Crippen molar-refractivity contribution >= 4 is 15.7 Å². The number of benzene rings is 1. The number of piperidine rings is 1. The molecule has 7 heteroatoms. The van der Waals surface area contributed by atoms with Gasteiger partial charge in [-0.15, -0.1) is 0 Å². The van der Waals surface area contributed by atoms with E-state index in [4.69, 9.17) is 15.7 Å². The molecule has 0 amide bonds. The van der Waals surface area contributed by atoms with Gasteiger partial charge in [0.15, 0.2) is 0 Å². The molecule has 114 valence electrons. The highest BCUT2D eigenvalue weighted by Crippen LogP contribution is 2.28. The van der Waals surface area contributed by atoms with E-state index in [1.807, 2.05) is 13.0 Å². The molecule has 0 spiro atoms. The topological polar surface area (TPSA) is 96.4 Å². The van der Waals surface area contributed by atoms with Gasteiger partial charge in [-0.05, 0) is 30.5 Å². The number of hydrogen-bond acceptors (Lipinski definition) is 5. The summed E-state index contributed by atoms with van der Waals surface area (Å²) in [5, 5.41) is 8.82. The fourth-order valence-electron chi connectivity index (χ4n) is 2.52. The van der Waals surface area contributed by atoms with Crippen LogP contribution in [0.3, 0.4) is 0 Å². The fraction of sp³-hybridized carbons (Fsp3) is 0.500. The van der Waals surface area contributed by atoms with Gasteiger partial charge in [0.1, 0.15) is 4.90 Å². The van der Waals surface area contributed by atoms with Crippen molar-refractivity contribution in [1.29, 1.82) is 5.26 Å². The van der Waals surface area contributed by atoms with Gasteiger partial charge in [0, 0.05) is 20.2 Å². The third kappa shape index (κ3) is 3.02. The number of hydrogen-bond donors (Lipinski definition) is 1. The van der Waals surface area contributed by atoms with E-state index in [0.717, 1.165) is 6.42 Å². The normalized spacial score (nSPS) is 23.7. The van der Waals surface area contributed by atoms with Gasteiger partial charge in [-0.1, -0.05) is 6.92 Å². The standard InChI is InChI=1S/C14H19N3O3S/c1-10-5-6-17(9-13(10)20-2)21(18,19)14-4-3-11(8-15)7-12(14)16/h3-4,7,10,13H,5-6,9,16H2,1-2H3. The van der Waals surface area contributed by atoms with Crippen molar-refractivity contribution in [1.82, 2.24) is 4.31 Å². The van der Waals surface area contributed by atoms with Gasteiger partial charge in [0.05, 0.1) is 23.4 Å². The molecule has 0 aliphatic carbocycles. The van der Waals surface area contributed by atoms with Crippen LogP contribution in [0, 0.1) is 17.2 Å². The Labute approximate surface area is 125 Å². The summed E-state index contributed by atoms with van der Waals surface area (Å²) >= 11 is 0. The smallest absolute Gasteiger partial charge is 0.245 e. The number of nitriles is 1. The molecule has 1 aliphatic rings. The van der Waals surface area contributed by atoms with Crippen LogP contribution in [0.4, 0.5) is 5.69 Å². The summed E-state index contributed by atoms with van der Waals surface area (Å²) in [5.41, 5.74) is 6.24. The Morgan fingerprint density at radius 1 is 1.48 bits per heavy atom. The fourth-order valence-corrected chi connectivity index (χ4v) is 4.09. The number of ether oxygens (including phenoxy) is 1. The average molecular weight is 309 g/mol. The molecule has 2 rings (SSSR count). The second kappa shape index (κ2) is 6.02. The highest BCUT2D eigenvalue weighted by atomic mass is 32.2. The van der Waals surface area contributed by atoms with E-state index in [-0.39, 0.29) is 16.7 Å². The van der Waals surface area contributed by atoms with Crippen LogP contribution in [0.2, 0.25) is 0 Å².